The molecule has 0 radical (unpaired) electrons. The van der Waals surface area contributed by atoms with E-state index in [4.69, 9.17) is 19.9 Å². The standard InChI is InChI=1S/C27H26N4O3/c1-27(2,28)11-10-18-12-22-26(29-14-18)31(17-30-22)15-19-4-9-23-24(13-19)33-16-25(34-23)20-5-7-21(32-3)8-6-20/h4-9,12-14,17,25H,15-16,28H2,1-3H3/t25-/m1/s1. The lowest BCUT2D eigenvalue weighted by molar-refractivity contribution is 0.0911. The van der Waals surface area contributed by atoms with Gasteiger partial charge in [-0.05, 0) is 55.3 Å². The number of rotatable bonds is 4. The Morgan fingerprint density at radius 1 is 1.12 bits per heavy atom. The van der Waals surface area contributed by atoms with Gasteiger partial charge in [0.1, 0.15) is 17.9 Å². The summed E-state index contributed by atoms with van der Waals surface area (Å²) < 4.78 is 19.5. The van der Waals surface area contributed by atoms with E-state index in [0.717, 1.165) is 45.1 Å². The molecule has 0 bridgehead atoms. The van der Waals surface area contributed by atoms with Crippen LogP contribution in [0.4, 0.5) is 0 Å². The van der Waals surface area contributed by atoms with Crippen molar-refractivity contribution in [3.05, 3.63) is 77.7 Å². The lowest BCUT2D eigenvalue weighted by Gasteiger charge is -2.27. The molecule has 0 fully saturated rings. The molecule has 1 aliphatic heterocycles. The third-order valence-corrected chi connectivity index (χ3v) is 5.49. The summed E-state index contributed by atoms with van der Waals surface area (Å²) in [7, 11) is 1.65. The first kappa shape index (κ1) is 21.8. The minimum absolute atomic E-state index is 0.159. The second-order valence-corrected chi connectivity index (χ2v) is 8.88. The molecular weight excluding hydrogens is 428 g/mol. The van der Waals surface area contributed by atoms with E-state index in [-0.39, 0.29) is 6.10 Å². The summed E-state index contributed by atoms with van der Waals surface area (Å²) in [6.07, 6.45) is 3.38. The van der Waals surface area contributed by atoms with Crippen LogP contribution in [0.25, 0.3) is 11.2 Å². The predicted octanol–water partition coefficient (Wildman–Crippen LogP) is 4.09. The summed E-state index contributed by atoms with van der Waals surface area (Å²) in [5.74, 6) is 8.37. The molecule has 4 aromatic rings. The first-order chi connectivity index (χ1) is 16.4. The lowest BCUT2D eigenvalue weighted by atomic mass is 10.1. The van der Waals surface area contributed by atoms with E-state index in [0.29, 0.717) is 13.2 Å². The van der Waals surface area contributed by atoms with Crippen LogP contribution in [0.2, 0.25) is 0 Å². The molecule has 7 nitrogen and oxygen atoms in total. The molecule has 2 aromatic carbocycles. The second kappa shape index (κ2) is 8.73. The van der Waals surface area contributed by atoms with Crippen molar-refractivity contribution in [3.63, 3.8) is 0 Å². The largest absolute Gasteiger partial charge is 0.497 e. The number of nitrogens with zero attached hydrogens (tertiary/aromatic N) is 3. The van der Waals surface area contributed by atoms with Gasteiger partial charge in [0, 0.05) is 11.8 Å². The lowest BCUT2D eigenvalue weighted by Crippen LogP contribution is -2.29. The Morgan fingerprint density at radius 3 is 2.71 bits per heavy atom. The third kappa shape index (κ3) is 4.68. The van der Waals surface area contributed by atoms with Crippen LogP contribution in [0, 0.1) is 11.8 Å². The van der Waals surface area contributed by atoms with E-state index < -0.39 is 5.54 Å². The van der Waals surface area contributed by atoms with Crippen molar-refractivity contribution < 1.29 is 14.2 Å². The smallest absolute Gasteiger partial charge is 0.162 e. The zero-order valence-electron chi connectivity index (χ0n) is 19.4. The Labute approximate surface area is 198 Å². The molecule has 0 unspecified atom stereocenters. The van der Waals surface area contributed by atoms with Gasteiger partial charge in [0.2, 0.25) is 0 Å². The fraction of sp³-hybridized carbons (Fsp3) is 0.259. The summed E-state index contributed by atoms with van der Waals surface area (Å²) >= 11 is 0. The maximum absolute atomic E-state index is 6.19. The summed E-state index contributed by atoms with van der Waals surface area (Å²) in [5.41, 5.74) is 9.89. The average molecular weight is 455 g/mol. The first-order valence-corrected chi connectivity index (χ1v) is 11.1. The highest BCUT2D eigenvalue weighted by molar-refractivity contribution is 5.72. The van der Waals surface area contributed by atoms with Crippen LogP contribution < -0.4 is 19.9 Å². The molecule has 1 aliphatic rings. The maximum Gasteiger partial charge on any atom is 0.162 e. The number of fused-ring (bicyclic) bond motifs is 2. The number of aromatic nitrogens is 3. The van der Waals surface area contributed by atoms with Crippen LogP contribution in [-0.2, 0) is 6.54 Å². The summed E-state index contributed by atoms with van der Waals surface area (Å²) in [4.78, 5) is 9.07. The number of methoxy groups -OCH3 is 1. The first-order valence-electron chi connectivity index (χ1n) is 11.1. The van der Waals surface area contributed by atoms with Gasteiger partial charge in [-0.15, -0.1) is 0 Å². The molecule has 2 aromatic heterocycles. The number of imidazole rings is 1. The Morgan fingerprint density at radius 2 is 1.94 bits per heavy atom. The van der Waals surface area contributed by atoms with E-state index in [9.17, 15) is 0 Å². The zero-order chi connectivity index (χ0) is 23.7. The van der Waals surface area contributed by atoms with Crippen LogP contribution in [0.15, 0.2) is 61.1 Å². The minimum Gasteiger partial charge on any atom is -0.497 e. The number of ether oxygens (including phenoxy) is 3. The van der Waals surface area contributed by atoms with Crippen molar-refractivity contribution in [3.8, 4) is 29.1 Å². The molecule has 0 spiro atoms. The second-order valence-electron chi connectivity index (χ2n) is 8.88. The molecule has 5 rings (SSSR count). The van der Waals surface area contributed by atoms with Crippen LogP contribution in [0.1, 0.15) is 36.6 Å². The molecule has 7 heteroatoms. The molecule has 0 amide bonds. The zero-order valence-corrected chi connectivity index (χ0v) is 19.4. The number of hydrogen-bond donors (Lipinski definition) is 1. The van der Waals surface area contributed by atoms with Crippen molar-refractivity contribution in [1.29, 1.82) is 0 Å². The van der Waals surface area contributed by atoms with Gasteiger partial charge in [0.25, 0.3) is 0 Å². The quantitative estimate of drug-likeness (QED) is 0.468. The van der Waals surface area contributed by atoms with E-state index in [1.807, 2.05) is 66.9 Å². The number of pyridine rings is 1. The van der Waals surface area contributed by atoms with Crippen LogP contribution in [-0.4, -0.2) is 33.8 Å². The Balaban J connectivity index is 1.32. The number of nitrogens with two attached hydrogens (primary N) is 1. The van der Waals surface area contributed by atoms with Gasteiger partial charge in [-0.1, -0.05) is 30.0 Å². The van der Waals surface area contributed by atoms with E-state index in [2.05, 4.69) is 21.8 Å². The molecular formula is C27H26N4O3. The topological polar surface area (TPSA) is 84.4 Å². The summed E-state index contributed by atoms with van der Waals surface area (Å²) in [6, 6.07) is 15.8. The monoisotopic (exact) mass is 454 g/mol. The number of benzene rings is 2. The SMILES string of the molecule is COc1ccc([C@H]2COc3cc(Cn4cnc5cc(C#CC(C)(C)N)cnc54)ccc3O2)cc1. The van der Waals surface area contributed by atoms with Crippen molar-refractivity contribution in [2.24, 2.45) is 5.73 Å². The Hall–Kier alpha value is -4.02. The van der Waals surface area contributed by atoms with Gasteiger partial charge in [-0.3, -0.25) is 0 Å². The van der Waals surface area contributed by atoms with E-state index >= 15 is 0 Å². The third-order valence-electron chi connectivity index (χ3n) is 5.49. The van der Waals surface area contributed by atoms with Gasteiger partial charge in [-0.25, -0.2) is 9.97 Å². The molecule has 2 N–H and O–H groups in total. The Kier molecular flexibility index (Phi) is 5.60. The molecule has 0 saturated carbocycles. The van der Waals surface area contributed by atoms with Gasteiger partial charge in [0.15, 0.2) is 23.3 Å². The summed E-state index contributed by atoms with van der Waals surface area (Å²) in [5, 5.41) is 0. The fourth-order valence-corrected chi connectivity index (χ4v) is 3.76. The minimum atomic E-state index is -0.554. The fourth-order valence-electron chi connectivity index (χ4n) is 3.76. The summed E-state index contributed by atoms with van der Waals surface area (Å²) in [6.45, 7) is 4.80. The van der Waals surface area contributed by atoms with Gasteiger partial charge < -0.3 is 24.5 Å². The van der Waals surface area contributed by atoms with Gasteiger partial charge >= 0.3 is 0 Å². The number of hydrogen-bond acceptors (Lipinski definition) is 6. The molecule has 1 atom stereocenters. The van der Waals surface area contributed by atoms with Gasteiger partial charge in [-0.2, -0.15) is 0 Å². The van der Waals surface area contributed by atoms with Crippen LogP contribution in [0.3, 0.4) is 0 Å². The molecule has 3 heterocycles. The predicted molar refractivity (Wildman–Crippen MR) is 130 cm³/mol. The molecule has 0 saturated heterocycles. The molecule has 34 heavy (non-hydrogen) atoms. The van der Waals surface area contributed by atoms with Crippen LogP contribution >= 0.6 is 0 Å². The van der Waals surface area contributed by atoms with Crippen molar-refractivity contribution in [2.45, 2.75) is 32.0 Å². The highest BCUT2D eigenvalue weighted by atomic mass is 16.6. The van der Waals surface area contributed by atoms with Crippen molar-refractivity contribution >= 4 is 11.2 Å². The Bertz CT molecular complexity index is 1390. The average Bonchev–Trinajstić information content (AvgIpc) is 3.24. The van der Waals surface area contributed by atoms with E-state index in [1.165, 1.54) is 0 Å². The van der Waals surface area contributed by atoms with Crippen molar-refractivity contribution in [1.82, 2.24) is 14.5 Å². The van der Waals surface area contributed by atoms with Crippen LogP contribution in [0.5, 0.6) is 17.2 Å². The van der Waals surface area contributed by atoms with Crippen molar-refractivity contribution in [2.75, 3.05) is 13.7 Å². The molecule has 172 valence electrons. The maximum atomic E-state index is 6.19. The molecule has 0 aliphatic carbocycles. The normalized spacial score (nSPS) is 15.0. The van der Waals surface area contributed by atoms with Gasteiger partial charge in [0.05, 0.1) is 25.5 Å². The highest BCUT2D eigenvalue weighted by Crippen LogP contribution is 2.37. The highest BCUT2D eigenvalue weighted by Gasteiger charge is 2.23. The van der Waals surface area contributed by atoms with E-state index in [1.54, 1.807) is 19.6 Å².